The maximum Gasteiger partial charge on any atom is 0.135 e. The van der Waals surface area contributed by atoms with Gasteiger partial charge < -0.3 is 5.32 Å². The van der Waals surface area contributed by atoms with Crippen molar-refractivity contribution in [2.45, 2.75) is 26.7 Å². The molecule has 0 amide bonds. The minimum absolute atomic E-state index is 0.466. The van der Waals surface area contributed by atoms with Gasteiger partial charge in [0.05, 0.1) is 0 Å². The second kappa shape index (κ2) is 6.35. The largest absolute Gasteiger partial charge is 0.340 e. The molecule has 1 heterocycles. The van der Waals surface area contributed by atoms with Crippen LogP contribution in [-0.4, -0.2) is 9.97 Å². The van der Waals surface area contributed by atoms with Crippen LogP contribution in [0.15, 0.2) is 28.7 Å². The number of benzene rings is 1. The predicted octanol–water partition coefficient (Wildman–Crippen LogP) is 4.90. The summed E-state index contributed by atoms with van der Waals surface area (Å²) in [5.74, 6) is 1.50. The molecule has 0 aliphatic rings. The van der Waals surface area contributed by atoms with Crippen LogP contribution in [0.5, 0.6) is 0 Å². The van der Waals surface area contributed by atoms with E-state index in [0.717, 1.165) is 40.2 Å². The van der Waals surface area contributed by atoms with E-state index in [1.807, 2.05) is 25.1 Å². The van der Waals surface area contributed by atoms with Gasteiger partial charge in [0, 0.05) is 22.6 Å². The lowest BCUT2D eigenvalue weighted by atomic mass is 10.2. The van der Waals surface area contributed by atoms with Gasteiger partial charge in [0.2, 0.25) is 0 Å². The molecule has 1 aromatic heterocycles. The van der Waals surface area contributed by atoms with Gasteiger partial charge in [-0.15, -0.1) is 0 Å². The molecule has 100 valence electrons. The van der Waals surface area contributed by atoms with Crippen molar-refractivity contribution in [2.24, 2.45) is 0 Å². The van der Waals surface area contributed by atoms with Gasteiger partial charge >= 0.3 is 0 Å². The Bertz CT molecular complexity index is 587. The van der Waals surface area contributed by atoms with Gasteiger partial charge in [-0.2, -0.15) is 0 Å². The maximum atomic E-state index is 6.02. The third-order valence-electron chi connectivity index (χ3n) is 2.75. The van der Waals surface area contributed by atoms with Crippen molar-refractivity contribution in [3.63, 3.8) is 0 Å². The summed E-state index contributed by atoms with van der Waals surface area (Å²) in [4.78, 5) is 8.68. The van der Waals surface area contributed by atoms with Crippen LogP contribution in [-0.2, 0) is 6.42 Å². The fourth-order valence-electron chi connectivity index (χ4n) is 1.75. The fourth-order valence-corrected chi connectivity index (χ4v) is 2.31. The number of nitrogens with zero attached hydrogens (tertiary/aromatic N) is 2. The Hall–Kier alpha value is -1.13. The van der Waals surface area contributed by atoms with E-state index in [1.54, 1.807) is 6.07 Å². The number of hydrogen-bond acceptors (Lipinski definition) is 3. The molecule has 2 aromatic rings. The number of rotatable bonds is 4. The summed E-state index contributed by atoms with van der Waals surface area (Å²) in [6, 6.07) is 7.74. The first-order chi connectivity index (χ1) is 9.10. The van der Waals surface area contributed by atoms with Crippen LogP contribution in [0.1, 0.15) is 24.7 Å². The second-order valence-electron chi connectivity index (χ2n) is 4.28. The molecule has 0 fully saturated rings. The molecule has 0 aliphatic carbocycles. The van der Waals surface area contributed by atoms with Crippen molar-refractivity contribution in [3.05, 3.63) is 45.3 Å². The van der Waals surface area contributed by atoms with Crippen molar-refractivity contribution in [1.82, 2.24) is 9.97 Å². The normalized spacial score (nSPS) is 10.5. The van der Waals surface area contributed by atoms with Crippen molar-refractivity contribution < 1.29 is 0 Å². The third kappa shape index (κ3) is 3.67. The highest BCUT2D eigenvalue weighted by Gasteiger charge is 2.06. The molecule has 1 aromatic carbocycles. The maximum absolute atomic E-state index is 6.02. The van der Waals surface area contributed by atoms with E-state index in [-0.39, 0.29) is 0 Å². The minimum Gasteiger partial charge on any atom is -0.340 e. The van der Waals surface area contributed by atoms with Gasteiger partial charge in [-0.1, -0.05) is 40.5 Å². The fraction of sp³-hybridized carbons (Fsp3) is 0.286. The van der Waals surface area contributed by atoms with Crippen LogP contribution in [0.2, 0.25) is 5.15 Å². The summed E-state index contributed by atoms with van der Waals surface area (Å²) in [6.07, 6.45) is 1.82. The van der Waals surface area contributed by atoms with E-state index in [1.165, 1.54) is 0 Å². The van der Waals surface area contributed by atoms with Gasteiger partial charge in [-0.25, -0.2) is 9.97 Å². The Balaban J connectivity index is 2.30. The molecule has 3 nitrogen and oxygen atoms in total. The molecule has 0 saturated carbocycles. The van der Waals surface area contributed by atoms with Crippen LogP contribution in [0.3, 0.4) is 0 Å². The Kier molecular flexibility index (Phi) is 4.77. The molecular weight excluding hydrogens is 326 g/mol. The quantitative estimate of drug-likeness (QED) is 0.805. The van der Waals surface area contributed by atoms with Crippen LogP contribution in [0.4, 0.5) is 11.5 Å². The van der Waals surface area contributed by atoms with Gasteiger partial charge in [0.15, 0.2) is 0 Å². The smallest absolute Gasteiger partial charge is 0.135 e. The van der Waals surface area contributed by atoms with E-state index in [0.29, 0.717) is 5.15 Å². The lowest BCUT2D eigenvalue weighted by Gasteiger charge is -2.11. The summed E-state index contributed by atoms with van der Waals surface area (Å²) >= 11 is 9.54. The van der Waals surface area contributed by atoms with Crippen LogP contribution in [0.25, 0.3) is 0 Å². The summed E-state index contributed by atoms with van der Waals surface area (Å²) in [5, 5.41) is 3.75. The first-order valence-electron chi connectivity index (χ1n) is 6.15. The highest BCUT2D eigenvalue weighted by molar-refractivity contribution is 9.10. The van der Waals surface area contributed by atoms with Crippen molar-refractivity contribution in [2.75, 3.05) is 5.32 Å². The zero-order valence-corrected chi connectivity index (χ0v) is 13.2. The van der Waals surface area contributed by atoms with Gasteiger partial charge in [-0.3, -0.25) is 0 Å². The lowest BCUT2D eigenvalue weighted by molar-refractivity contribution is 0.837. The van der Waals surface area contributed by atoms with E-state index >= 15 is 0 Å². The SMILES string of the molecule is CCCc1nc(Cl)cc(Nc2cccc(Br)c2C)n1. The molecule has 0 unspecified atom stereocenters. The Morgan fingerprint density at radius 2 is 2.11 bits per heavy atom. The Morgan fingerprint density at radius 1 is 1.32 bits per heavy atom. The molecule has 5 heteroatoms. The Labute approximate surface area is 126 Å². The number of aromatic nitrogens is 2. The molecule has 19 heavy (non-hydrogen) atoms. The third-order valence-corrected chi connectivity index (χ3v) is 3.80. The monoisotopic (exact) mass is 339 g/mol. The summed E-state index contributed by atoms with van der Waals surface area (Å²) in [7, 11) is 0. The predicted molar refractivity (Wildman–Crippen MR) is 83.2 cm³/mol. The second-order valence-corrected chi connectivity index (χ2v) is 5.52. The average molecular weight is 341 g/mol. The van der Waals surface area contributed by atoms with Gasteiger partial charge in [-0.05, 0) is 31.0 Å². The molecule has 0 radical (unpaired) electrons. The van der Waals surface area contributed by atoms with Crippen molar-refractivity contribution in [3.8, 4) is 0 Å². The van der Waals surface area contributed by atoms with E-state index in [4.69, 9.17) is 11.6 Å². The molecular formula is C14H15BrClN3. The standard InChI is InChI=1S/C14H15BrClN3/c1-3-5-13-18-12(16)8-14(19-13)17-11-7-4-6-10(15)9(11)2/h4,6-8H,3,5H2,1-2H3,(H,17,18,19). The molecule has 1 N–H and O–H groups in total. The summed E-state index contributed by atoms with van der Waals surface area (Å²) < 4.78 is 1.06. The zero-order valence-electron chi connectivity index (χ0n) is 10.9. The molecule has 0 atom stereocenters. The first-order valence-corrected chi connectivity index (χ1v) is 7.33. The van der Waals surface area contributed by atoms with Crippen LogP contribution < -0.4 is 5.32 Å². The number of hydrogen-bond donors (Lipinski definition) is 1. The van der Waals surface area contributed by atoms with E-state index in [2.05, 4.69) is 38.1 Å². The molecule has 0 saturated heterocycles. The van der Waals surface area contributed by atoms with E-state index in [9.17, 15) is 0 Å². The minimum atomic E-state index is 0.466. The summed E-state index contributed by atoms with van der Waals surface area (Å²) in [5.41, 5.74) is 2.14. The zero-order chi connectivity index (χ0) is 13.8. The van der Waals surface area contributed by atoms with Crippen LogP contribution >= 0.6 is 27.5 Å². The van der Waals surface area contributed by atoms with Crippen molar-refractivity contribution >= 4 is 39.0 Å². The number of halogens is 2. The average Bonchev–Trinajstić information content (AvgIpc) is 2.35. The molecule has 0 spiro atoms. The van der Waals surface area contributed by atoms with Gasteiger partial charge in [0.25, 0.3) is 0 Å². The van der Waals surface area contributed by atoms with Gasteiger partial charge in [0.1, 0.15) is 16.8 Å². The topological polar surface area (TPSA) is 37.8 Å². The molecule has 0 bridgehead atoms. The van der Waals surface area contributed by atoms with E-state index < -0.39 is 0 Å². The highest BCUT2D eigenvalue weighted by Crippen LogP contribution is 2.26. The van der Waals surface area contributed by atoms with Crippen molar-refractivity contribution in [1.29, 1.82) is 0 Å². The molecule has 0 aliphatic heterocycles. The van der Waals surface area contributed by atoms with Crippen LogP contribution in [0, 0.1) is 6.92 Å². The lowest BCUT2D eigenvalue weighted by Crippen LogP contribution is -2.01. The summed E-state index contributed by atoms with van der Waals surface area (Å²) in [6.45, 7) is 4.14. The first kappa shape index (κ1) is 14.3. The highest BCUT2D eigenvalue weighted by atomic mass is 79.9. The number of aryl methyl sites for hydroxylation is 1. The number of nitrogens with one attached hydrogen (secondary N) is 1. The molecule has 2 rings (SSSR count). The number of anilines is 2. The Morgan fingerprint density at radius 3 is 2.84 bits per heavy atom.